The first-order valence-electron chi connectivity index (χ1n) is 7.75. The van der Waals surface area contributed by atoms with Gasteiger partial charge in [0.05, 0.1) is 5.69 Å². The molecule has 0 unspecified atom stereocenters. The van der Waals surface area contributed by atoms with Crippen molar-refractivity contribution in [1.29, 1.82) is 0 Å². The molecule has 0 saturated heterocycles. The van der Waals surface area contributed by atoms with E-state index in [4.69, 9.17) is 0 Å². The van der Waals surface area contributed by atoms with E-state index in [1.54, 1.807) is 12.4 Å². The molecule has 0 saturated carbocycles. The first-order valence-corrected chi connectivity index (χ1v) is 8.57. The lowest BCUT2D eigenvalue weighted by atomic mass is 10.2. The molecular formula is C16H17FN6S. The number of pyridine rings is 1. The molecule has 8 heteroatoms. The zero-order valence-electron chi connectivity index (χ0n) is 13.5. The van der Waals surface area contributed by atoms with Crippen molar-refractivity contribution in [2.75, 3.05) is 0 Å². The molecule has 3 aromatic heterocycles. The van der Waals surface area contributed by atoms with Crippen LogP contribution in [0.2, 0.25) is 0 Å². The molecule has 0 fully saturated rings. The highest BCUT2D eigenvalue weighted by atomic mass is 32.2. The molecule has 0 radical (unpaired) electrons. The summed E-state index contributed by atoms with van der Waals surface area (Å²) in [4.78, 5) is 12.0. The van der Waals surface area contributed by atoms with Crippen molar-refractivity contribution in [3.63, 3.8) is 0 Å². The highest BCUT2D eigenvalue weighted by molar-refractivity contribution is 7.99. The standard InChI is InChI=1S/C16H17FN6S/c1-3-9-23-14(11-5-7-18-8-6-11)21-22-16(23)24-15-13(17)12(4-2)19-10-20-15/h5-8,10H,3-4,9H2,1-2H3. The Kier molecular flexibility index (Phi) is 5.14. The summed E-state index contributed by atoms with van der Waals surface area (Å²) >= 11 is 1.17. The minimum atomic E-state index is -0.387. The van der Waals surface area contributed by atoms with Crippen molar-refractivity contribution in [2.24, 2.45) is 0 Å². The van der Waals surface area contributed by atoms with Gasteiger partial charge >= 0.3 is 0 Å². The average Bonchev–Trinajstić information content (AvgIpc) is 3.00. The Balaban J connectivity index is 1.99. The first kappa shape index (κ1) is 16.5. The maximum absolute atomic E-state index is 14.4. The third kappa shape index (κ3) is 3.28. The molecule has 3 aromatic rings. The number of rotatable bonds is 6. The fourth-order valence-electron chi connectivity index (χ4n) is 2.30. The molecule has 0 bridgehead atoms. The van der Waals surface area contributed by atoms with Gasteiger partial charge in [0.1, 0.15) is 11.4 Å². The predicted molar refractivity (Wildman–Crippen MR) is 89.0 cm³/mol. The van der Waals surface area contributed by atoms with Crippen LogP contribution in [-0.4, -0.2) is 29.7 Å². The molecule has 0 spiro atoms. The first-order chi connectivity index (χ1) is 11.7. The maximum atomic E-state index is 14.4. The van der Waals surface area contributed by atoms with Crippen molar-refractivity contribution < 1.29 is 4.39 Å². The number of aromatic nitrogens is 6. The van der Waals surface area contributed by atoms with Gasteiger partial charge in [-0.2, -0.15) is 0 Å². The number of hydrogen-bond donors (Lipinski definition) is 0. The van der Waals surface area contributed by atoms with Gasteiger partial charge in [0.25, 0.3) is 0 Å². The van der Waals surface area contributed by atoms with E-state index in [0.29, 0.717) is 17.3 Å². The maximum Gasteiger partial charge on any atom is 0.197 e. The second-order valence-corrected chi connectivity index (χ2v) is 6.04. The zero-order valence-corrected chi connectivity index (χ0v) is 14.3. The van der Waals surface area contributed by atoms with Crippen LogP contribution in [0.3, 0.4) is 0 Å². The van der Waals surface area contributed by atoms with Crippen LogP contribution < -0.4 is 0 Å². The molecule has 6 nitrogen and oxygen atoms in total. The largest absolute Gasteiger partial charge is 0.302 e. The molecule has 0 amide bonds. The van der Waals surface area contributed by atoms with Gasteiger partial charge in [0, 0.05) is 24.5 Å². The van der Waals surface area contributed by atoms with Gasteiger partial charge in [0.15, 0.2) is 16.8 Å². The van der Waals surface area contributed by atoms with Crippen LogP contribution in [-0.2, 0) is 13.0 Å². The van der Waals surface area contributed by atoms with E-state index >= 15 is 0 Å². The monoisotopic (exact) mass is 344 g/mol. The quantitative estimate of drug-likeness (QED) is 0.639. The molecule has 0 aliphatic carbocycles. The predicted octanol–water partition coefficient (Wildman–Crippen LogP) is 3.39. The SMILES string of the molecule is CCCn1c(Sc2ncnc(CC)c2F)nnc1-c1ccncc1. The van der Waals surface area contributed by atoms with E-state index in [1.165, 1.54) is 18.1 Å². The van der Waals surface area contributed by atoms with Crippen LogP contribution >= 0.6 is 11.8 Å². The third-order valence-electron chi connectivity index (χ3n) is 3.46. The second kappa shape index (κ2) is 7.48. The van der Waals surface area contributed by atoms with Crippen LogP contribution in [0.15, 0.2) is 41.0 Å². The van der Waals surface area contributed by atoms with Crippen molar-refractivity contribution in [1.82, 2.24) is 29.7 Å². The molecular weight excluding hydrogens is 327 g/mol. The van der Waals surface area contributed by atoms with Crippen LogP contribution in [0.5, 0.6) is 0 Å². The summed E-state index contributed by atoms with van der Waals surface area (Å²) in [5.41, 5.74) is 1.33. The topological polar surface area (TPSA) is 69.4 Å². The fraction of sp³-hybridized carbons (Fsp3) is 0.312. The van der Waals surface area contributed by atoms with Crippen LogP contribution in [0.4, 0.5) is 4.39 Å². The Morgan fingerprint density at radius 3 is 2.62 bits per heavy atom. The molecule has 3 rings (SSSR count). The number of aryl methyl sites for hydroxylation is 1. The van der Waals surface area contributed by atoms with E-state index < -0.39 is 0 Å². The van der Waals surface area contributed by atoms with Gasteiger partial charge in [-0.1, -0.05) is 13.8 Å². The smallest absolute Gasteiger partial charge is 0.197 e. The summed E-state index contributed by atoms with van der Waals surface area (Å²) in [7, 11) is 0. The summed E-state index contributed by atoms with van der Waals surface area (Å²) in [6, 6.07) is 3.76. The Morgan fingerprint density at radius 2 is 1.92 bits per heavy atom. The van der Waals surface area contributed by atoms with Gasteiger partial charge in [-0.25, -0.2) is 14.4 Å². The van der Waals surface area contributed by atoms with Gasteiger partial charge in [0.2, 0.25) is 0 Å². The minimum Gasteiger partial charge on any atom is -0.302 e. The summed E-state index contributed by atoms with van der Waals surface area (Å²) in [5.74, 6) is 0.355. The van der Waals surface area contributed by atoms with Crippen LogP contribution in [0.25, 0.3) is 11.4 Å². The van der Waals surface area contributed by atoms with E-state index in [1.807, 2.05) is 23.6 Å². The van der Waals surface area contributed by atoms with Gasteiger partial charge in [-0.3, -0.25) is 4.98 Å². The van der Waals surface area contributed by atoms with Gasteiger partial charge in [-0.15, -0.1) is 10.2 Å². The van der Waals surface area contributed by atoms with Crippen molar-refractivity contribution in [3.8, 4) is 11.4 Å². The Hall–Kier alpha value is -2.35. The molecule has 3 heterocycles. The molecule has 0 aliphatic rings. The molecule has 0 aliphatic heterocycles. The molecule has 124 valence electrons. The van der Waals surface area contributed by atoms with E-state index in [-0.39, 0.29) is 10.8 Å². The van der Waals surface area contributed by atoms with Gasteiger partial charge in [-0.05, 0) is 36.7 Å². The molecule has 0 aromatic carbocycles. The Labute approximate surface area is 143 Å². The normalized spacial score (nSPS) is 11.0. The lowest BCUT2D eigenvalue weighted by molar-refractivity contribution is 0.557. The molecule has 24 heavy (non-hydrogen) atoms. The molecule has 0 atom stereocenters. The second-order valence-electron chi connectivity index (χ2n) is 5.09. The number of halogens is 1. The minimum absolute atomic E-state index is 0.271. The molecule has 0 N–H and O–H groups in total. The highest BCUT2D eigenvalue weighted by Gasteiger charge is 2.18. The van der Waals surface area contributed by atoms with E-state index in [0.717, 1.165) is 24.4 Å². The number of hydrogen-bond acceptors (Lipinski definition) is 6. The lowest BCUT2D eigenvalue weighted by Crippen LogP contribution is -2.03. The summed E-state index contributed by atoms with van der Waals surface area (Å²) in [5, 5.41) is 9.39. The Morgan fingerprint density at radius 1 is 1.12 bits per heavy atom. The lowest BCUT2D eigenvalue weighted by Gasteiger charge is -2.09. The average molecular weight is 344 g/mol. The van der Waals surface area contributed by atoms with Crippen molar-refractivity contribution in [3.05, 3.63) is 42.4 Å². The third-order valence-corrected chi connectivity index (χ3v) is 4.42. The number of nitrogens with zero attached hydrogens (tertiary/aromatic N) is 6. The van der Waals surface area contributed by atoms with E-state index in [2.05, 4.69) is 32.1 Å². The van der Waals surface area contributed by atoms with Gasteiger partial charge < -0.3 is 4.57 Å². The Bertz CT molecular complexity index is 821. The van der Waals surface area contributed by atoms with Crippen molar-refractivity contribution >= 4 is 11.8 Å². The summed E-state index contributed by atoms with van der Waals surface area (Å²) < 4.78 is 16.4. The summed E-state index contributed by atoms with van der Waals surface area (Å²) in [6.07, 6.45) is 6.24. The van der Waals surface area contributed by atoms with Crippen molar-refractivity contribution in [2.45, 2.75) is 43.4 Å². The van der Waals surface area contributed by atoms with Crippen LogP contribution in [0, 0.1) is 5.82 Å². The summed E-state index contributed by atoms with van der Waals surface area (Å²) in [6.45, 7) is 4.67. The zero-order chi connectivity index (χ0) is 16.9. The van der Waals surface area contributed by atoms with Crippen LogP contribution in [0.1, 0.15) is 26.0 Å². The highest BCUT2D eigenvalue weighted by Crippen LogP contribution is 2.30. The fourth-order valence-corrected chi connectivity index (χ4v) is 3.15. The van der Waals surface area contributed by atoms with E-state index in [9.17, 15) is 4.39 Å².